The Balaban J connectivity index is 1.30. The van der Waals surface area contributed by atoms with Crippen LogP contribution in [0.3, 0.4) is 0 Å². The van der Waals surface area contributed by atoms with Crippen LogP contribution in [0.2, 0.25) is 10.0 Å². The smallest absolute Gasteiger partial charge is 0.171 e. The standard InChI is InChI=1S/C44H42Cl2N10/c1-7-17-53-39-16-10-27(3)19-38(39)52-42(53)32-22-36(46)44(50-24-32)56(34-14-12-30(6)48-26-34)55(33-13-11-29(5)47-25-33)43-35(45)21-31(23-49-43)41-51-37-15-9-28(4)20-40(37)54(41)18-8-2/h9-16,19-26H,7-8,17-18H2,1-6H3. The van der Waals surface area contributed by atoms with Crippen LogP contribution < -0.4 is 10.0 Å². The van der Waals surface area contributed by atoms with E-state index in [1.807, 2.05) is 72.7 Å². The van der Waals surface area contributed by atoms with E-state index in [9.17, 15) is 0 Å². The zero-order valence-electron chi connectivity index (χ0n) is 32.3. The molecule has 0 aliphatic heterocycles. The first-order chi connectivity index (χ1) is 27.1. The number of benzene rings is 2. The minimum atomic E-state index is 0.399. The number of imidazole rings is 2. The lowest BCUT2D eigenvalue weighted by Crippen LogP contribution is -2.37. The Morgan fingerprint density at radius 2 is 1.02 bits per heavy atom. The zero-order valence-corrected chi connectivity index (χ0v) is 33.8. The normalized spacial score (nSPS) is 11.5. The summed E-state index contributed by atoms with van der Waals surface area (Å²) in [5, 5.41) is 4.56. The van der Waals surface area contributed by atoms with E-state index in [2.05, 4.69) is 83.2 Å². The number of pyridine rings is 4. The predicted molar refractivity (Wildman–Crippen MR) is 228 cm³/mol. The van der Waals surface area contributed by atoms with Gasteiger partial charge in [-0.25, -0.2) is 30.0 Å². The SMILES string of the molecule is CCCn1c(-c2cnc(N(c3ccc(C)nc3)N(c3ccc(C)nc3)c3ncc(-c4nc5ccc(C)cc5n4CCC)cc3Cl)c(Cl)c2)nc2cc(C)ccc21. The summed E-state index contributed by atoms with van der Waals surface area (Å²) < 4.78 is 4.47. The van der Waals surface area contributed by atoms with Gasteiger partial charge in [-0.2, -0.15) is 0 Å². The molecular formula is C44H42Cl2N10. The lowest BCUT2D eigenvalue weighted by atomic mass is 10.2. The number of hydrogen-bond donors (Lipinski definition) is 0. The lowest BCUT2D eigenvalue weighted by molar-refractivity contribution is 0.704. The first-order valence-corrected chi connectivity index (χ1v) is 19.6. The molecule has 8 rings (SSSR count). The maximum atomic E-state index is 7.33. The van der Waals surface area contributed by atoms with Gasteiger partial charge in [0.1, 0.15) is 11.6 Å². The quantitative estimate of drug-likeness (QED) is 0.120. The molecule has 0 aliphatic rings. The van der Waals surface area contributed by atoms with Crippen LogP contribution in [0.15, 0.2) is 97.6 Å². The fourth-order valence-electron chi connectivity index (χ4n) is 7.07. The Bertz CT molecular complexity index is 2600. The summed E-state index contributed by atoms with van der Waals surface area (Å²) in [7, 11) is 0. The molecule has 0 unspecified atom stereocenters. The highest BCUT2D eigenvalue weighted by Gasteiger charge is 2.29. The molecular weight excluding hydrogens is 739 g/mol. The van der Waals surface area contributed by atoms with Crippen LogP contribution in [0.5, 0.6) is 0 Å². The highest BCUT2D eigenvalue weighted by Crippen LogP contribution is 2.42. The van der Waals surface area contributed by atoms with Gasteiger partial charge in [-0.15, -0.1) is 0 Å². The number of nitrogens with zero attached hydrogens (tertiary/aromatic N) is 10. The van der Waals surface area contributed by atoms with Gasteiger partial charge in [0.2, 0.25) is 0 Å². The van der Waals surface area contributed by atoms with Crippen LogP contribution in [0.4, 0.5) is 23.0 Å². The summed E-state index contributed by atoms with van der Waals surface area (Å²) >= 11 is 14.7. The minimum absolute atomic E-state index is 0.399. The van der Waals surface area contributed by atoms with Crippen molar-refractivity contribution in [2.24, 2.45) is 0 Å². The maximum Gasteiger partial charge on any atom is 0.171 e. The van der Waals surface area contributed by atoms with Crippen molar-refractivity contribution in [1.29, 1.82) is 0 Å². The number of aromatic nitrogens is 8. The largest absolute Gasteiger partial charge is 0.324 e. The molecule has 2 aromatic carbocycles. The number of anilines is 4. The van der Waals surface area contributed by atoms with Gasteiger partial charge in [0.05, 0.1) is 55.9 Å². The van der Waals surface area contributed by atoms with Crippen molar-refractivity contribution in [2.75, 3.05) is 10.0 Å². The molecule has 0 atom stereocenters. The van der Waals surface area contributed by atoms with Crippen LogP contribution in [0, 0.1) is 27.7 Å². The Morgan fingerprint density at radius 3 is 1.52 bits per heavy atom. The highest BCUT2D eigenvalue weighted by atomic mass is 35.5. The first-order valence-electron chi connectivity index (χ1n) is 18.8. The van der Waals surface area contributed by atoms with Gasteiger partial charge >= 0.3 is 0 Å². The molecule has 8 aromatic rings. The molecule has 0 fully saturated rings. The van der Waals surface area contributed by atoms with Gasteiger partial charge in [-0.05, 0) is 112 Å². The minimum Gasteiger partial charge on any atom is -0.324 e. The van der Waals surface area contributed by atoms with Crippen LogP contribution >= 0.6 is 23.2 Å². The van der Waals surface area contributed by atoms with E-state index in [0.29, 0.717) is 33.1 Å². The van der Waals surface area contributed by atoms with Gasteiger partial charge in [-0.3, -0.25) is 9.97 Å². The summed E-state index contributed by atoms with van der Waals surface area (Å²) in [5.74, 6) is 2.50. The fourth-order valence-corrected chi connectivity index (χ4v) is 7.56. The van der Waals surface area contributed by atoms with Gasteiger partial charge in [0.25, 0.3) is 0 Å². The van der Waals surface area contributed by atoms with E-state index < -0.39 is 0 Å². The Hall–Kier alpha value is -5.84. The van der Waals surface area contributed by atoms with Gasteiger partial charge in [-0.1, -0.05) is 49.2 Å². The Morgan fingerprint density at radius 1 is 0.518 bits per heavy atom. The Kier molecular flexibility index (Phi) is 10.2. The van der Waals surface area contributed by atoms with E-state index in [4.69, 9.17) is 43.1 Å². The van der Waals surface area contributed by atoms with Crippen molar-refractivity contribution in [1.82, 2.24) is 39.0 Å². The van der Waals surface area contributed by atoms with Crippen molar-refractivity contribution in [3.63, 3.8) is 0 Å². The van der Waals surface area contributed by atoms with Crippen molar-refractivity contribution >= 4 is 68.3 Å². The molecule has 6 heterocycles. The molecule has 0 N–H and O–H groups in total. The van der Waals surface area contributed by atoms with E-state index in [0.717, 1.165) is 87.7 Å². The average Bonchev–Trinajstić information content (AvgIpc) is 3.73. The summed E-state index contributed by atoms with van der Waals surface area (Å²) in [4.78, 5) is 29.5. The topological polar surface area (TPSA) is 93.7 Å². The first kappa shape index (κ1) is 37.1. The second kappa shape index (κ2) is 15.4. The molecule has 0 radical (unpaired) electrons. The zero-order chi connectivity index (χ0) is 39.1. The number of hydrazine groups is 1. The molecule has 282 valence electrons. The molecule has 0 aliphatic carbocycles. The molecule has 56 heavy (non-hydrogen) atoms. The molecule has 6 aromatic heterocycles. The summed E-state index contributed by atoms with van der Waals surface area (Å²) in [6.45, 7) is 14.0. The maximum absolute atomic E-state index is 7.33. The van der Waals surface area contributed by atoms with Crippen LogP contribution in [-0.2, 0) is 13.1 Å². The second-order valence-electron chi connectivity index (χ2n) is 14.2. The number of hydrogen-bond acceptors (Lipinski definition) is 8. The number of halogens is 2. The van der Waals surface area contributed by atoms with Crippen LogP contribution in [0.1, 0.15) is 49.2 Å². The summed E-state index contributed by atoms with van der Waals surface area (Å²) in [6.07, 6.45) is 9.11. The van der Waals surface area contributed by atoms with Crippen molar-refractivity contribution in [3.05, 3.63) is 130 Å². The third kappa shape index (κ3) is 6.95. The molecule has 10 nitrogen and oxygen atoms in total. The molecule has 0 spiro atoms. The van der Waals surface area contributed by atoms with Crippen molar-refractivity contribution in [3.8, 4) is 22.8 Å². The van der Waals surface area contributed by atoms with Crippen LogP contribution in [-0.4, -0.2) is 39.0 Å². The van der Waals surface area contributed by atoms with E-state index in [1.165, 1.54) is 5.56 Å². The van der Waals surface area contributed by atoms with Gasteiger partial charge < -0.3 is 9.13 Å². The molecule has 0 saturated carbocycles. The van der Waals surface area contributed by atoms with Crippen molar-refractivity contribution < 1.29 is 0 Å². The summed E-state index contributed by atoms with van der Waals surface area (Å²) in [6, 6.07) is 24.4. The van der Waals surface area contributed by atoms with Crippen molar-refractivity contribution in [2.45, 2.75) is 67.5 Å². The third-order valence-corrected chi connectivity index (χ3v) is 10.3. The molecule has 0 saturated heterocycles. The second-order valence-corrected chi connectivity index (χ2v) is 15.0. The van der Waals surface area contributed by atoms with E-state index in [1.54, 1.807) is 12.4 Å². The number of aryl methyl sites for hydroxylation is 6. The summed E-state index contributed by atoms with van der Waals surface area (Å²) in [5.41, 5.74) is 11.1. The Labute approximate surface area is 336 Å². The fraction of sp³-hybridized carbons (Fsp3) is 0.227. The van der Waals surface area contributed by atoms with Gasteiger partial charge in [0, 0.05) is 48.0 Å². The average molecular weight is 782 g/mol. The molecule has 0 bridgehead atoms. The van der Waals surface area contributed by atoms with E-state index in [-0.39, 0.29) is 0 Å². The third-order valence-electron chi connectivity index (χ3n) is 9.74. The number of rotatable bonds is 11. The predicted octanol–water partition coefficient (Wildman–Crippen LogP) is 11.6. The number of fused-ring (bicyclic) bond motifs is 2. The van der Waals surface area contributed by atoms with E-state index >= 15 is 0 Å². The monoisotopic (exact) mass is 780 g/mol. The van der Waals surface area contributed by atoms with Crippen LogP contribution in [0.25, 0.3) is 44.8 Å². The van der Waals surface area contributed by atoms with Gasteiger partial charge in [0.15, 0.2) is 11.6 Å². The molecule has 12 heteroatoms. The molecule has 0 amide bonds. The highest BCUT2D eigenvalue weighted by molar-refractivity contribution is 6.34. The lowest BCUT2D eigenvalue weighted by Gasteiger charge is -2.37.